The topological polar surface area (TPSA) is 56.3 Å². The fraction of sp³-hybridized carbons (Fsp3) is 0.667. The first-order chi connectivity index (χ1) is 9.35. The standard InChI is InChI=1S/C12H19N3O2S2/c1-16-11-10(12(17-2)15-8-14-11)6-13-5-9-7-18-3-4-19-9/h8-9,13H,3-7H2,1-2H3. The van der Waals surface area contributed by atoms with Crippen LogP contribution in [0.2, 0.25) is 0 Å². The van der Waals surface area contributed by atoms with Crippen LogP contribution in [0.15, 0.2) is 6.33 Å². The van der Waals surface area contributed by atoms with E-state index in [9.17, 15) is 0 Å². The summed E-state index contributed by atoms with van der Waals surface area (Å²) in [7, 11) is 3.22. The summed E-state index contributed by atoms with van der Waals surface area (Å²) in [4.78, 5) is 8.22. The number of nitrogens with one attached hydrogen (secondary N) is 1. The molecule has 0 saturated carbocycles. The van der Waals surface area contributed by atoms with Gasteiger partial charge in [0, 0.05) is 35.6 Å². The highest BCUT2D eigenvalue weighted by Crippen LogP contribution is 2.25. The summed E-state index contributed by atoms with van der Waals surface area (Å²) in [6, 6.07) is 0. The Kier molecular flexibility index (Phi) is 6.06. The number of ether oxygens (including phenoxy) is 2. The van der Waals surface area contributed by atoms with Crippen LogP contribution in [-0.4, -0.2) is 53.2 Å². The Morgan fingerprint density at radius 1 is 1.26 bits per heavy atom. The van der Waals surface area contributed by atoms with E-state index in [1.165, 1.54) is 23.6 Å². The average molecular weight is 301 g/mol. The van der Waals surface area contributed by atoms with Crippen molar-refractivity contribution in [3.63, 3.8) is 0 Å². The maximum absolute atomic E-state index is 5.25. The molecule has 0 spiro atoms. The molecule has 0 bridgehead atoms. The number of nitrogens with zero attached hydrogens (tertiary/aromatic N) is 2. The summed E-state index contributed by atoms with van der Waals surface area (Å²) in [5, 5.41) is 4.13. The Labute approximate surface area is 122 Å². The molecule has 2 rings (SSSR count). The molecule has 0 radical (unpaired) electrons. The molecule has 7 heteroatoms. The lowest BCUT2D eigenvalue weighted by atomic mass is 10.3. The maximum Gasteiger partial charge on any atom is 0.224 e. The molecule has 5 nitrogen and oxygen atoms in total. The Morgan fingerprint density at radius 2 is 2.00 bits per heavy atom. The van der Waals surface area contributed by atoms with E-state index in [-0.39, 0.29) is 0 Å². The van der Waals surface area contributed by atoms with Crippen molar-refractivity contribution in [1.82, 2.24) is 15.3 Å². The highest BCUT2D eigenvalue weighted by molar-refractivity contribution is 8.06. The van der Waals surface area contributed by atoms with Gasteiger partial charge in [0.25, 0.3) is 0 Å². The van der Waals surface area contributed by atoms with Crippen molar-refractivity contribution in [3.8, 4) is 11.8 Å². The van der Waals surface area contributed by atoms with Gasteiger partial charge in [-0.2, -0.15) is 23.5 Å². The lowest BCUT2D eigenvalue weighted by molar-refractivity contribution is 0.359. The fourth-order valence-electron chi connectivity index (χ4n) is 1.90. The van der Waals surface area contributed by atoms with Crippen LogP contribution < -0.4 is 14.8 Å². The van der Waals surface area contributed by atoms with Gasteiger partial charge in [-0.3, -0.25) is 0 Å². The first-order valence-electron chi connectivity index (χ1n) is 6.17. The summed E-state index contributed by atoms with van der Waals surface area (Å²) >= 11 is 4.07. The molecule has 0 amide bonds. The van der Waals surface area contributed by atoms with Crippen LogP contribution in [0.25, 0.3) is 0 Å². The zero-order valence-corrected chi connectivity index (χ0v) is 12.9. The normalized spacial score (nSPS) is 19.2. The molecule has 1 saturated heterocycles. The zero-order chi connectivity index (χ0) is 13.5. The van der Waals surface area contributed by atoms with Crippen LogP contribution in [0.1, 0.15) is 5.56 Å². The highest BCUT2D eigenvalue weighted by atomic mass is 32.2. The van der Waals surface area contributed by atoms with Crippen molar-refractivity contribution in [1.29, 1.82) is 0 Å². The fourth-order valence-corrected chi connectivity index (χ4v) is 4.54. The number of rotatable bonds is 6. The Bertz CT molecular complexity index is 378. The summed E-state index contributed by atoms with van der Waals surface area (Å²) in [6.07, 6.45) is 1.45. The Morgan fingerprint density at radius 3 is 2.58 bits per heavy atom. The second kappa shape index (κ2) is 7.81. The van der Waals surface area contributed by atoms with Gasteiger partial charge in [-0.05, 0) is 0 Å². The third-order valence-electron chi connectivity index (χ3n) is 2.81. The molecule has 1 atom stereocenters. The second-order valence-corrected chi connectivity index (χ2v) is 6.63. The first-order valence-corrected chi connectivity index (χ1v) is 8.37. The van der Waals surface area contributed by atoms with Gasteiger partial charge in [0.2, 0.25) is 11.8 Å². The van der Waals surface area contributed by atoms with Crippen molar-refractivity contribution in [2.24, 2.45) is 0 Å². The van der Waals surface area contributed by atoms with Crippen LogP contribution in [0.5, 0.6) is 11.8 Å². The van der Waals surface area contributed by atoms with E-state index in [1.54, 1.807) is 14.2 Å². The van der Waals surface area contributed by atoms with Crippen molar-refractivity contribution >= 4 is 23.5 Å². The smallest absolute Gasteiger partial charge is 0.224 e. The molecule has 1 aliphatic rings. The van der Waals surface area contributed by atoms with Gasteiger partial charge in [0.1, 0.15) is 6.33 Å². The molecule has 1 aromatic heterocycles. The van der Waals surface area contributed by atoms with E-state index >= 15 is 0 Å². The second-order valence-electron chi connectivity index (χ2n) is 4.07. The van der Waals surface area contributed by atoms with Crippen LogP contribution in [0, 0.1) is 0 Å². The van der Waals surface area contributed by atoms with Crippen LogP contribution in [0.4, 0.5) is 0 Å². The van der Waals surface area contributed by atoms with Crippen LogP contribution in [-0.2, 0) is 6.54 Å². The van der Waals surface area contributed by atoms with Gasteiger partial charge in [-0.1, -0.05) is 0 Å². The first kappa shape index (κ1) is 14.7. The quantitative estimate of drug-likeness (QED) is 0.853. The maximum atomic E-state index is 5.25. The number of thioether (sulfide) groups is 2. The minimum absolute atomic E-state index is 0.574. The Hall–Kier alpha value is -0.660. The molecule has 0 aromatic carbocycles. The van der Waals surface area contributed by atoms with E-state index in [1.807, 2.05) is 23.5 Å². The predicted molar refractivity (Wildman–Crippen MR) is 80.4 cm³/mol. The summed E-state index contributed by atoms with van der Waals surface area (Å²) < 4.78 is 10.5. The third kappa shape index (κ3) is 4.15. The molecule has 1 aromatic rings. The molecule has 1 N–H and O–H groups in total. The highest BCUT2D eigenvalue weighted by Gasteiger charge is 2.16. The van der Waals surface area contributed by atoms with Gasteiger partial charge >= 0.3 is 0 Å². The van der Waals surface area contributed by atoms with Crippen LogP contribution >= 0.6 is 23.5 Å². The van der Waals surface area contributed by atoms with Crippen molar-refractivity contribution in [2.75, 3.05) is 38.0 Å². The largest absolute Gasteiger partial charge is 0.481 e. The average Bonchev–Trinajstić information content (AvgIpc) is 2.48. The molecule has 106 valence electrons. The van der Waals surface area contributed by atoms with Gasteiger partial charge in [0.05, 0.1) is 19.8 Å². The Balaban J connectivity index is 1.90. The van der Waals surface area contributed by atoms with Gasteiger partial charge in [-0.25, -0.2) is 9.97 Å². The molecule has 1 fully saturated rings. The van der Waals surface area contributed by atoms with Gasteiger partial charge in [0.15, 0.2) is 0 Å². The molecule has 2 heterocycles. The van der Waals surface area contributed by atoms with Gasteiger partial charge < -0.3 is 14.8 Å². The molecular formula is C12H19N3O2S2. The monoisotopic (exact) mass is 301 g/mol. The predicted octanol–water partition coefficient (Wildman–Crippen LogP) is 1.43. The minimum atomic E-state index is 0.574. The van der Waals surface area contributed by atoms with E-state index in [2.05, 4.69) is 15.3 Å². The van der Waals surface area contributed by atoms with Crippen molar-refractivity contribution in [3.05, 3.63) is 11.9 Å². The molecule has 0 aliphatic carbocycles. The molecular weight excluding hydrogens is 282 g/mol. The number of hydrogen-bond donors (Lipinski definition) is 1. The zero-order valence-electron chi connectivity index (χ0n) is 11.2. The van der Waals surface area contributed by atoms with Crippen LogP contribution in [0.3, 0.4) is 0 Å². The molecule has 19 heavy (non-hydrogen) atoms. The number of methoxy groups -OCH3 is 2. The van der Waals surface area contributed by atoms with Crippen molar-refractivity contribution < 1.29 is 9.47 Å². The summed E-state index contributed by atoms with van der Waals surface area (Å²) in [6.45, 7) is 1.65. The molecule has 1 unspecified atom stereocenters. The molecule has 1 aliphatic heterocycles. The van der Waals surface area contributed by atoms with E-state index in [0.29, 0.717) is 23.6 Å². The minimum Gasteiger partial charge on any atom is -0.481 e. The summed E-state index contributed by atoms with van der Waals surface area (Å²) in [5.74, 6) is 4.89. The lowest BCUT2D eigenvalue weighted by Gasteiger charge is -2.21. The number of hydrogen-bond acceptors (Lipinski definition) is 7. The number of aromatic nitrogens is 2. The van der Waals surface area contributed by atoms with Gasteiger partial charge in [-0.15, -0.1) is 0 Å². The van der Waals surface area contributed by atoms with E-state index in [0.717, 1.165) is 12.1 Å². The summed E-state index contributed by atoms with van der Waals surface area (Å²) in [5.41, 5.74) is 0.876. The van der Waals surface area contributed by atoms with E-state index in [4.69, 9.17) is 9.47 Å². The third-order valence-corrected chi connectivity index (χ3v) is 5.66. The van der Waals surface area contributed by atoms with Crippen molar-refractivity contribution in [2.45, 2.75) is 11.8 Å². The lowest BCUT2D eigenvalue weighted by Crippen LogP contribution is -2.29. The van der Waals surface area contributed by atoms with E-state index < -0.39 is 0 Å². The SMILES string of the molecule is COc1ncnc(OC)c1CNCC1CSCCS1.